The molecule has 4 rings (SSSR count). The monoisotopic (exact) mass is 655 g/mol. The van der Waals surface area contributed by atoms with E-state index in [1.165, 1.54) is 41.3 Å². The van der Waals surface area contributed by atoms with Gasteiger partial charge in [0, 0.05) is 30.5 Å². The third-order valence-electron chi connectivity index (χ3n) is 6.62. The van der Waals surface area contributed by atoms with Crippen molar-refractivity contribution in [3.05, 3.63) is 82.8 Å². The van der Waals surface area contributed by atoms with Crippen molar-refractivity contribution in [1.29, 1.82) is 0 Å². The number of anilines is 2. The van der Waals surface area contributed by atoms with Crippen molar-refractivity contribution >= 4 is 49.1 Å². The van der Waals surface area contributed by atoms with Crippen LogP contribution in [0.25, 0.3) is 5.52 Å². The van der Waals surface area contributed by atoms with Crippen molar-refractivity contribution in [3.63, 3.8) is 0 Å². The lowest BCUT2D eigenvalue weighted by Crippen LogP contribution is -2.37. The molecule has 2 heterocycles. The number of benzene rings is 2. The van der Waals surface area contributed by atoms with E-state index in [9.17, 15) is 19.2 Å². The third-order valence-corrected chi connectivity index (χ3v) is 7.08. The summed E-state index contributed by atoms with van der Waals surface area (Å²) in [6.45, 7) is 6.55. The smallest absolute Gasteiger partial charge is 0.424 e. The van der Waals surface area contributed by atoms with Crippen molar-refractivity contribution in [1.82, 2.24) is 24.8 Å². The molecule has 2 aromatic carbocycles. The molecule has 0 aliphatic carbocycles. The summed E-state index contributed by atoms with van der Waals surface area (Å²) in [5, 5.41) is 10.2. The number of carbonyl (C=O) groups is 4. The average molecular weight is 656 g/mol. The van der Waals surface area contributed by atoms with Crippen molar-refractivity contribution in [2.45, 2.75) is 27.7 Å². The van der Waals surface area contributed by atoms with Gasteiger partial charge in [-0.2, -0.15) is 19.8 Å². The molecule has 0 saturated carbocycles. The number of rotatable bonds is 11. The molecule has 2 aromatic heterocycles. The van der Waals surface area contributed by atoms with Crippen LogP contribution >= 0.6 is 8.17 Å². The van der Waals surface area contributed by atoms with Gasteiger partial charge in [-0.3, -0.25) is 14.1 Å². The van der Waals surface area contributed by atoms with Gasteiger partial charge in [0.25, 0.3) is 11.8 Å². The van der Waals surface area contributed by atoms with Crippen LogP contribution in [0, 0.1) is 13.8 Å². The van der Waals surface area contributed by atoms with Crippen molar-refractivity contribution in [2.75, 3.05) is 25.2 Å². The summed E-state index contributed by atoms with van der Waals surface area (Å²) in [4.78, 5) is 83.1. The minimum atomic E-state index is -4.52. The second kappa shape index (κ2) is 14.3. The highest BCUT2D eigenvalue weighted by Crippen LogP contribution is 2.45. The van der Waals surface area contributed by atoms with Gasteiger partial charge in [-0.15, -0.1) is 0 Å². The third kappa shape index (κ3) is 7.92. The molecule has 0 unspecified atom stereocenters. The van der Waals surface area contributed by atoms with Gasteiger partial charge < -0.3 is 20.1 Å². The van der Waals surface area contributed by atoms with Gasteiger partial charge in [-0.25, -0.2) is 24.0 Å². The number of esters is 1. The Hall–Kier alpha value is -5.15. The summed E-state index contributed by atoms with van der Waals surface area (Å²) in [6.07, 6.45) is 1.69. The number of fused-ring (bicyclic) bond motifs is 1. The number of nitrogens with one attached hydrogen (secondary N) is 2. The van der Waals surface area contributed by atoms with E-state index in [1.54, 1.807) is 32.0 Å². The molecule has 17 heteroatoms. The second-order valence-electron chi connectivity index (χ2n) is 9.72. The van der Waals surface area contributed by atoms with E-state index in [2.05, 4.69) is 25.2 Å². The largest absolute Gasteiger partial charge is 0.613 e. The molecule has 3 amide bonds. The Morgan fingerprint density at radius 3 is 2.33 bits per heavy atom. The van der Waals surface area contributed by atoms with Crippen LogP contribution in [-0.2, 0) is 9.47 Å². The standard InChI is InChI=1S/C29H31N6O10P/c1-5-30-26(36)20-8-7-17(3)23(13-20)33-25-24-18(4)22(14-35(24)32-15-31-25)27(37)34(6-2)29(39)44-16-43-28(38)19-9-11-21(12-10-19)45-46(40,41)42/h7-15,40-42H,5-6,16H2,1-4H3,(H-,30,31,32,33,36)/p+1. The van der Waals surface area contributed by atoms with Gasteiger partial charge in [0.15, 0.2) is 11.6 Å². The Balaban J connectivity index is 1.46. The molecular formula is C29H32N6O10P+. The number of hydrogen-bond donors (Lipinski definition) is 5. The summed E-state index contributed by atoms with van der Waals surface area (Å²) in [7, 11) is -4.52. The molecule has 0 fully saturated rings. The van der Waals surface area contributed by atoms with Crippen LogP contribution in [0.2, 0.25) is 0 Å². The second-order valence-corrected chi connectivity index (χ2v) is 10.9. The summed E-state index contributed by atoms with van der Waals surface area (Å²) >= 11 is 0. The molecule has 0 saturated heterocycles. The Kier molecular flexibility index (Phi) is 10.5. The summed E-state index contributed by atoms with van der Waals surface area (Å²) in [5.74, 6) is -1.53. The normalized spacial score (nSPS) is 11.1. The molecule has 16 nitrogen and oxygen atoms in total. The van der Waals surface area contributed by atoms with Crippen LogP contribution < -0.4 is 15.2 Å². The van der Waals surface area contributed by atoms with Crippen LogP contribution in [0.1, 0.15) is 56.0 Å². The van der Waals surface area contributed by atoms with Gasteiger partial charge in [-0.05, 0) is 75.2 Å². The lowest BCUT2D eigenvalue weighted by atomic mass is 10.1. The highest BCUT2D eigenvalue weighted by atomic mass is 31.2. The molecule has 0 bridgehead atoms. The molecule has 0 aliphatic heterocycles. The van der Waals surface area contributed by atoms with Crippen molar-refractivity contribution < 1.29 is 47.9 Å². The van der Waals surface area contributed by atoms with Crippen LogP contribution in [0.5, 0.6) is 5.75 Å². The fraction of sp³-hybridized carbons (Fsp3) is 0.241. The molecule has 5 N–H and O–H groups in total. The first-order valence-electron chi connectivity index (χ1n) is 13.8. The Labute approximate surface area is 263 Å². The number of aryl methyl sites for hydroxylation is 2. The van der Waals surface area contributed by atoms with Crippen LogP contribution in [0.15, 0.2) is 55.0 Å². The summed E-state index contributed by atoms with van der Waals surface area (Å²) < 4.78 is 15.9. The fourth-order valence-corrected chi connectivity index (χ4v) is 4.75. The molecule has 46 heavy (non-hydrogen) atoms. The van der Waals surface area contributed by atoms with Crippen molar-refractivity contribution in [2.24, 2.45) is 0 Å². The number of imide groups is 1. The first-order valence-corrected chi connectivity index (χ1v) is 15.4. The van der Waals surface area contributed by atoms with E-state index in [1.807, 2.05) is 13.8 Å². The highest BCUT2D eigenvalue weighted by Gasteiger charge is 2.34. The van der Waals surface area contributed by atoms with Crippen LogP contribution in [0.4, 0.5) is 16.3 Å². The number of hydrogen-bond acceptors (Lipinski definition) is 13. The van der Waals surface area contributed by atoms with Gasteiger partial charge in [0.05, 0.1) is 11.1 Å². The Bertz CT molecular complexity index is 1770. The van der Waals surface area contributed by atoms with Crippen molar-refractivity contribution in [3.8, 4) is 5.75 Å². The van der Waals surface area contributed by atoms with E-state index < -0.39 is 32.9 Å². The predicted octanol–water partition coefficient (Wildman–Crippen LogP) is 3.29. The maximum absolute atomic E-state index is 13.5. The number of carbonyl (C=O) groups excluding carboxylic acids is 4. The lowest BCUT2D eigenvalue weighted by molar-refractivity contribution is -0.0102. The molecule has 0 spiro atoms. The molecule has 242 valence electrons. The summed E-state index contributed by atoms with van der Waals surface area (Å²) in [5.41, 5.74) is 3.02. The zero-order valence-corrected chi connectivity index (χ0v) is 26.1. The van der Waals surface area contributed by atoms with Crippen LogP contribution in [-0.4, -0.2) is 77.9 Å². The maximum atomic E-state index is 13.5. The maximum Gasteiger partial charge on any atom is 0.613 e. The van der Waals surface area contributed by atoms with E-state index in [4.69, 9.17) is 24.2 Å². The van der Waals surface area contributed by atoms with E-state index in [0.717, 1.165) is 10.5 Å². The molecular weight excluding hydrogens is 623 g/mol. The topological polar surface area (TPSA) is 214 Å². The molecule has 4 aromatic rings. The van der Waals surface area contributed by atoms with E-state index >= 15 is 0 Å². The average Bonchev–Trinajstić information content (AvgIpc) is 3.35. The minimum absolute atomic E-state index is 0.0115. The lowest BCUT2D eigenvalue weighted by Gasteiger charge is -2.18. The van der Waals surface area contributed by atoms with E-state index in [-0.39, 0.29) is 29.3 Å². The zero-order valence-electron chi connectivity index (χ0n) is 25.3. The first-order chi connectivity index (χ1) is 21.8. The summed E-state index contributed by atoms with van der Waals surface area (Å²) in [6, 6.07) is 10.1. The highest BCUT2D eigenvalue weighted by molar-refractivity contribution is 7.53. The quantitative estimate of drug-likeness (QED) is 0.0892. The van der Waals surface area contributed by atoms with Gasteiger partial charge in [0.2, 0.25) is 6.79 Å². The minimum Gasteiger partial charge on any atom is -0.424 e. The molecule has 0 radical (unpaired) electrons. The van der Waals surface area contributed by atoms with Gasteiger partial charge in [-0.1, -0.05) is 6.07 Å². The number of aromatic nitrogens is 3. The van der Waals surface area contributed by atoms with Gasteiger partial charge in [0.1, 0.15) is 11.8 Å². The molecule has 0 aliphatic rings. The number of amides is 3. The predicted molar refractivity (Wildman–Crippen MR) is 164 cm³/mol. The number of ether oxygens (including phenoxy) is 2. The van der Waals surface area contributed by atoms with Crippen LogP contribution in [0.3, 0.4) is 0 Å². The van der Waals surface area contributed by atoms with Gasteiger partial charge >= 0.3 is 20.2 Å². The van der Waals surface area contributed by atoms with E-state index in [0.29, 0.717) is 34.7 Å². The SMILES string of the molecule is CCNC(=O)c1ccc(C)c(Nc2ncnn3cc(C(=O)N(CC)C(=O)OCOC(=O)c4ccc(O[P+](O)(O)O)cc4)c(C)c23)c1. The zero-order chi connectivity index (χ0) is 33.6. The first kappa shape index (κ1) is 33.7. The Morgan fingerprint density at radius 2 is 1.67 bits per heavy atom. The Morgan fingerprint density at radius 1 is 0.978 bits per heavy atom. The fourth-order valence-electron chi connectivity index (χ4n) is 4.34. The number of nitrogens with zero attached hydrogens (tertiary/aromatic N) is 4. The molecule has 0 atom stereocenters.